The van der Waals surface area contributed by atoms with Gasteiger partial charge in [0.25, 0.3) is 0 Å². The van der Waals surface area contributed by atoms with Crippen molar-refractivity contribution in [2.45, 2.75) is 6.92 Å². The van der Waals surface area contributed by atoms with Gasteiger partial charge in [0.2, 0.25) is 0 Å². The molecule has 0 aromatic heterocycles. The topological polar surface area (TPSA) is 29.5 Å². The molecule has 0 N–H and O–H groups in total. The van der Waals surface area contributed by atoms with Crippen LogP contribution in [-0.2, 0) is 0 Å². The van der Waals surface area contributed by atoms with Gasteiger partial charge in [-0.25, -0.2) is 4.39 Å². The maximum Gasteiger partial charge on any atom is 0.185 e. The maximum atomic E-state index is 13.7. The predicted molar refractivity (Wildman–Crippen MR) is 81.6 cm³/mol. The molecule has 0 aliphatic heterocycles. The third-order valence-electron chi connectivity index (χ3n) is 3.13. The highest BCUT2D eigenvalue weighted by atomic mass is 19.1. The summed E-state index contributed by atoms with van der Waals surface area (Å²) in [7, 11) is 1.69. The third kappa shape index (κ3) is 3.60. The van der Waals surface area contributed by atoms with Crippen molar-refractivity contribution in [1.29, 1.82) is 0 Å². The Morgan fingerprint density at radius 2 is 1.81 bits per heavy atom. The van der Waals surface area contributed by atoms with E-state index in [2.05, 4.69) is 0 Å². The van der Waals surface area contributed by atoms with E-state index in [4.69, 9.17) is 4.74 Å². The number of ketones is 1. The molecule has 0 spiro atoms. The van der Waals surface area contributed by atoms with Gasteiger partial charge in [0.05, 0.1) is 24.4 Å². The van der Waals surface area contributed by atoms with Gasteiger partial charge < -0.3 is 9.64 Å². The molecule has 0 heterocycles. The molecule has 2 aromatic carbocycles. The molecule has 2 rings (SSSR count). The second-order valence-corrected chi connectivity index (χ2v) is 4.66. The number of anilines is 1. The highest BCUT2D eigenvalue weighted by molar-refractivity contribution is 6.01. The summed E-state index contributed by atoms with van der Waals surface area (Å²) in [6, 6.07) is 13.5. The third-order valence-corrected chi connectivity index (χ3v) is 3.13. The van der Waals surface area contributed by atoms with Gasteiger partial charge in [-0.15, -0.1) is 0 Å². The summed E-state index contributed by atoms with van der Waals surface area (Å²) in [4.78, 5) is 14.0. The largest absolute Gasteiger partial charge is 0.493 e. The highest BCUT2D eigenvalue weighted by Crippen LogP contribution is 2.21. The molecule has 0 unspecified atom stereocenters. The number of para-hydroxylation sites is 2. The Kier molecular flexibility index (Phi) is 4.93. The summed E-state index contributed by atoms with van der Waals surface area (Å²) < 4.78 is 19.2. The molecule has 0 saturated heterocycles. The molecule has 0 atom stereocenters. The fourth-order valence-corrected chi connectivity index (χ4v) is 2.13. The fraction of sp³-hybridized carbons (Fsp3) is 0.235. The first-order valence-corrected chi connectivity index (χ1v) is 6.84. The van der Waals surface area contributed by atoms with Gasteiger partial charge in [-0.3, -0.25) is 4.79 Å². The van der Waals surface area contributed by atoms with Crippen LogP contribution in [0.3, 0.4) is 0 Å². The first-order chi connectivity index (χ1) is 10.1. The maximum absolute atomic E-state index is 13.7. The minimum absolute atomic E-state index is 0.0883. The number of carbonyl (C=O) groups is 1. The zero-order valence-electron chi connectivity index (χ0n) is 12.2. The molecule has 0 fully saturated rings. The van der Waals surface area contributed by atoms with Crippen LogP contribution in [0.4, 0.5) is 10.1 Å². The lowest BCUT2D eigenvalue weighted by atomic mass is 10.1. The number of carbonyl (C=O) groups excluding carboxylic acids is 1. The van der Waals surface area contributed by atoms with E-state index in [1.54, 1.807) is 48.3 Å². The fourth-order valence-electron chi connectivity index (χ4n) is 2.13. The molecule has 0 amide bonds. The van der Waals surface area contributed by atoms with Crippen molar-refractivity contribution in [2.24, 2.45) is 0 Å². The Labute approximate surface area is 124 Å². The Bertz CT molecular complexity index is 628. The molecule has 0 aliphatic carbocycles. The molecule has 0 saturated carbocycles. The number of likely N-dealkylation sites (N-methyl/N-ethyl adjacent to an activating group) is 1. The van der Waals surface area contributed by atoms with Crippen molar-refractivity contribution >= 4 is 11.5 Å². The highest BCUT2D eigenvalue weighted by Gasteiger charge is 2.16. The lowest BCUT2D eigenvalue weighted by molar-refractivity contribution is 0.0996. The Balaban J connectivity index is 2.17. The van der Waals surface area contributed by atoms with E-state index in [0.717, 1.165) is 0 Å². The van der Waals surface area contributed by atoms with Crippen LogP contribution in [0, 0.1) is 5.82 Å². The van der Waals surface area contributed by atoms with Crippen molar-refractivity contribution in [3.05, 3.63) is 59.9 Å². The lowest BCUT2D eigenvalue weighted by Crippen LogP contribution is -2.26. The van der Waals surface area contributed by atoms with Crippen molar-refractivity contribution in [3.8, 4) is 5.75 Å². The van der Waals surface area contributed by atoms with E-state index < -0.39 is 0 Å². The normalized spacial score (nSPS) is 10.2. The predicted octanol–water partition coefficient (Wildman–Crippen LogP) is 3.54. The number of benzene rings is 2. The number of nitrogens with zero attached hydrogens (tertiary/aromatic N) is 1. The van der Waals surface area contributed by atoms with E-state index in [1.165, 1.54) is 6.07 Å². The number of rotatable bonds is 6. The van der Waals surface area contributed by atoms with Gasteiger partial charge in [0, 0.05) is 7.05 Å². The molecule has 21 heavy (non-hydrogen) atoms. The average Bonchev–Trinajstić information content (AvgIpc) is 2.48. The molecular formula is C17H18FNO2. The quantitative estimate of drug-likeness (QED) is 0.761. The van der Waals surface area contributed by atoms with Crippen LogP contribution in [-0.4, -0.2) is 26.0 Å². The van der Waals surface area contributed by atoms with Crippen LogP contribution < -0.4 is 9.64 Å². The summed E-state index contributed by atoms with van der Waals surface area (Å²) in [5, 5.41) is 0. The van der Waals surface area contributed by atoms with Gasteiger partial charge in [0.15, 0.2) is 5.78 Å². The molecular weight excluding hydrogens is 269 g/mol. The summed E-state index contributed by atoms with van der Waals surface area (Å²) in [5.74, 6) is 0.114. The van der Waals surface area contributed by atoms with Gasteiger partial charge in [-0.05, 0) is 31.2 Å². The first kappa shape index (κ1) is 15.0. The number of hydrogen-bond acceptors (Lipinski definition) is 3. The second kappa shape index (κ2) is 6.88. The molecule has 0 aliphatic rings. The van der Waals surface area contributed by atoms with E-state index in [-0.39, 0.29) is 18.1 Å². The number of Topliss-reactive ketones (excluding diaryl/α,β-unsaturated/α-hetero) is 1. The Morgan fingerprint density at radius 1 is 1.14 bits per heavy atom. The van der Waals surface area contributed by atoms with Crippen LogP contribution in [0.5, 0.6) is 5.75 Å². The molecule has 3 nitrogen and oxygen atoms in total. The molecule has 0 bridgehead atoms. The smallest absolute Gasteiger partial charge is 0.185 e. The monoisotopic (exact) mass is 287 g/mol. The van der Waals surface area contributed by atoms with E-state index in [1.807, 2.05) is 13.0 Å². The summed E-state index contributed by atoms with van der Waals surface area (Å²) in [5.41, 5.74) is 0.919. The summed E-state index contributed by atoms with van der Waals surface area (Å²) >= 11 is 0. The van der Waals surface area contributed by atoms with Crippen molar-refractivity contribution in [3.63, 3.8) is 0 Å². The van der Waals surface area contributed by atoms with Crippen LogP contribution in [0.15, 0.2) is 48.5 Å². The van der Waals surface area contributed by atoms with Gasteiger partial charge in [-0.1, -0.05) is 24.3 Å². The second-order valence-electron chi connectivity index (χ2n) is 4.66. The molecule has 110 valence electrons. The number of ether oxygens (including phenoxy) is 1. The zero-order chi connectivity index (χ0) is 15.2. The van der Waals surface area contributed by atoms with Crippen LogP contribution >= 0.6 is 0 Å². The average molecular weight is 287 g/mol. The molecule has 2 aromatic rings. The van der Waals surface area contributed by atoms with Gasteiger partial charge >= 0.3 is 0 Å². The summed E-state index contributed by atoms with van der Waals surface area (Å²) in [6.07, 6.45) is 0. The van der Waals surface area contributed by atoms with Crippen LogP contribution in [0.2, 0.25) is 0 Å². The first-order valence-electron chi connectivity index (χ1n) is 6.84. The van der Waals surface area contributed by atoms with E-state index in [0.29, 0.717) is 23.6 Å². The van der Waals surface area contributed by atoms with Gasteiger partial charge in [-0.2, -0.15) is 0 Å². The SMILES string of the molecule is CCOc1ccccc1C(=O)CN(C)c1ccccc1F. The Morgan fingerprint density at radius 3 is 2.52 bits per heavy atom. The lowest BCUT2D eigenvalue weighted by Gasteiger charge is -2.19. The standard InChI is InChI=1S/C17H18FNO2/c1-3-21-17-11-7-4-8-13(17)16(20)12-19(2)15-10-6-5-9-14(15)18/h4-11H,3,12H2,1-2H3. The minimum atomic E-state index is -0.342. The zero-order valence-corrected chi connectivity index (χ0v) is 12.2. The van der Waals surface area contributed by atoms with Crippen molar-refractivity contribution in [2.75, 3.05) is 25.1 Å². The Hall–Kier alpha value is -2.36. The number of hydrogen-bond donors (Lipinski definition) is 0. The minimum Gasteiger partial charge on any atom is -0.493 e. The van der Waals surface area contributed by atoms with Gasteiger partial charge in [0.1, 0.15) is 11.6 Å². The molecule has 0 radical (unpaired) electrons. The van der Waals surface area contributed by atoms with Crippen LogP contribution in [0.1, 0.15) is 17.3 Å². The van der Waals surface area contributed by atoms with E-state index >= 15 is 0 Å². The van der Waals surface area contributed by atoms with Crippen molar-refractivity contribution in [1.82, 2.24) is 0 Å². The number of halogens is 1. The molecule has 4 heteroatoms. The van der Waals surface area contributed by atoms with E-state index in [9.17, 15) is 9.18 Å². The summed E-state index contributed by atoms with van der Waals surface area (Å²) in [6.45, 7) is 2.45. The van der Waals surface area contributed by atoms with Crippen LogP contribution in [0.25, 0.3) is 0 Å². The van der Waals surface area contributed by atoms with Crippen molar-refractivity contribution < 1.29 is 13.9 Å².